The number of halogens is 2. The van der Waals surface area contributed by atoms with Gasteiger partial charge in [0, 0.05) is 17.1 Å². The van der Waals surface area contributed by atoms with Crippen LogP contribution in [0.4, 0.5) is 10.1 Å². The van der Waals surface area contributed by atoms with E-state index in [4.69, 9.17) is 11.6 Å². The van der Waals surface area contributed by atoms with Gasteiger partial charge < -0.3 is 10.2 Å². The van der Waals surface area contributed by atoms with Gasteiger partial charge in [-0.25, -0.2) is 8.60 Å². The summed E-state index contributed by atoms with van der Waals surface area (Å²) in [6.45, 7) is 0.386. The van der Waals surface area contributed by atoms with Crippen molar-refractivity contribution in [2.24, 2.45) is 0 Å². The minimum absolute atomic E-state index is 0.179. The lowest BCUT2D eigenvalue weighted by Crippen LogP contribution is -2.31. The standard InChI is InChI=1S/C28H20ClFN2O3S/c29-21-5-3-4-19(14-21)17-32-24-15-20(27(33)31-16-18-8-11-22(30)12-9-18)10-13-26(24)36(35)25-7-2-1-6-23(25)28(32)34/h1-15H,16-17H2,(H,31,33)/t36-/m0/s1. The van der Waals surface area contributed by atoms with Gasteiger partial charge in [0.2, 0.25) is 0 Å². The summed E-state index contributed by atoms with van der Waals surface area (Å²) >= 11 is 6.17. The molecule has 5 rings (SSSR count). The van der Waals surface area contributed by atoms with E-state index in [0.717, 1.165) is 11.1 Å². The average Bonchev–Trinajstić information content (AvgIpc) is 2.97. The second-order valence-corrected chi connectivity index (χ2v) is 10.1. The maximum absolute atomic E-state index is 13.7. The molecule has 1 atom stereocenters. The molecule has 1 heterocycles. The monoisotopic (exact) mass is 518 g/mol. The summed E-state index contributed by atoms with van der Waals surface area (Å²) in [5.74, 6) is -1.04. The number of carbonyl (C=O) groups excluding carboxylic acids is 2. The summed E-state index contributed by atoms with van der Waals surface area (Å²) in [5.41, 5.74) is 2.58. The summed E-state index contributed by atoms with van der Waals surface area (Å²) in [6.07, 6.45) is 0. The van der Waals surface area contributed by atoms with Crippen molar-refractivity contribution in [2.75, 3.05) is 4.90 Å². The highest BCUT2D eigenvalue weighted by Gasteiger charge is 2.31. The summed E-state index contributed by atoms with van der Waals surface area (Å²) < 4.78 is 26.7. The van der Waals surface area contributed by atoms with E-state index in [-0.39, 0.29) is 30.7 Å². The Bertz CT molecular complexity index is 1510. The van der Waals surface area contributed by atoms with E-state index in [2.05, 4.69) is 5.32 Å². The van der Waals surface area contributed by atoms with Crippen LogP contribution in [-0.4, -0.2) is 16.0 Å². The number of hydrogen-bond acceptors (Lipinski definition) is 3. The van der Waals surface area contributed by atoms with Crippen LogP contribution in [0.5, 0.6) is 0 Å². The number of fused-ring (bicyclic) bond motifs is 2. The number of benzene rings is 4. The molecule has 0 unspecified atom stereocenters. The van der Waals surface area contributed by atoms with Gasteiger partial charge in [0.05, 0.1) is 38.4 Å². The fourth-order valence-corrected chi connectivity index (χ4v) is 5.62. The van der Waals surface area contributed by atoms with Crippen LogP contribution in [0.25, 0.3) is 0 Å². The minimum atomic E-state index is -1.62. The highest BCUT2D eigenvalue weighted by Crippen LogP contribution is 2.36. The Morgan fingerprint density at radius 2 is 1.67 bits per heavy atom. The number of hydrogen-bond donors (Lipinski definition) is 1. The average molecular weight is 519 g/mol. The number of carbonyl (C=O) groups is 2. The van der Waals surface area contributed by atoms with Crippen LogP contribution < -0.4 is 10.2 Å². The molecule has 4 aromatic rings. The number of nitrogens with one attached hydrogen (secondary N) is 1. The lowest BCUT2D eigenvalue weighted by atomic mass is 10.1. The van der Waals surface area contributed by atoms with Crippen molar-refractivity contribution < 1.29 is 18.2 Å². The molecule has 0 saturated carbocycles. The van der Waals surface area contributed by atoms with E-state index in [1.807, 2.05) is 6.07 Å². The molecule has 0 radical (unpaired) electrons. The van der Waals surface area contributed by atoms with Gasteiger partial charge in [0.25, 0.3) is 11.8 Å². The predicted octanol–water partition coefficient (Wildman–Crippen LogP) is 5.74. The third-order valence-corrected chi connectivity index (χ3v) is 7.61. The molecular weight excluding hydrogens is 499 g/mol. The van der Waals surface area contributed by atoms with Crippen LogP contribution >= 0.6 is 11.6 Å². The molecule has 0 spiro atoms. The maximum Gasteiger partial charge on any atom is 0.259 e. The molecule has 36 heavy (non-hydrogen) atoms. The Labute approximate surface area is 215 Å². The van der Waals surface area contributed by atoms with Crippen molar-refractivity contribution >= 4 is 39.9 Å². The van der Waals surface area contributed by atoms with Gasteiger partial charge in [0.15, 0.2) is 0 Å². The normalized spacial score (nSPS) is 14.6. The van der Waals surface area contributed by atoms with Gasteiger partial charge in [-0.2, -0.15) is 0 Å². The van der Waals surface area contributed by atoms with Crippen LogP contribution in [0.3, 0.4) is 0 Å². The second kappa shape index (κ2) is 10.0. The van der Waals surface area contributed by atoms with Crippen molar-refractivity contribution in [3.8, 4) is 0 Å². The smallest absolute Gasteiger partial charge is 0.259 e. The fraction of sp³-hybridized carbons (Fsp3) is 0.0714. The topological polar surface area (TPSA) is 66.5 Å². The van der Waals surface area contributed by atoms with Gasteiger partial charge in [-0.15, -0.1) is 0 Å². The van der Waals surface area contributed by atoms with Gasteiger partial charge in [-0.1, -0.05) is 48.0 Å². The molecule has 1 aliphatic heterocycles. The molecule has 5 nitrogen and oxygen atoms in total. The Morgan fingerprint density at radius 3 is 2.44 bits per heavy atom. The molecular formula is C28H20ClFN2O3S. The van der Waals surface area contributed by atoms with Gasteiger partial charge in [-0.05, 0) is 65.7 Å². The highest BCUT2D eigenvalue weighted by atomic mass is 35.5. The molecule has 0 saturated heterocycles. The first-order valence-corrected chi connectivity index (χ1v) is 12.7. The Balaban J connectivity index is 1.53. The van der Waals surface area contributed by atoms with Gasteiger partial charge in [0.1, 0.15) is 5.82 Å². The third-order valence-electron chi connectivity index (χ3n) is 5.87. The van der Waals surface area contributed by atoms with Crippen molar-refractivity contribution in [3.05, 3.63) is 124 Å². The molecule has 0 fully saturated rings. The van der Waals surface area contributed by atoms with E-state index < -0.39 is 10.8 Å². The van der Waals surface area contributed by atoms with Crippen LogP contribution in [0, 0.1) is 5.82 Å². The first kappa shape index (κ1) is 23.9. The molecule has 0 aromatic heterocycles. The van der Waals surface area contributed by atoms with Crippen molar-refractivity contribution in [1.82, 2.24) is 5.32 Å². The number of amides is 2. The summed E-state index contributed by atoms with van der Waals surface area (Å²) in [6, 6.07) is 24.6. The van der Waals surface area contributed by atoms with E-state index in [1.54, 1.807) is 72.8 Å². The summed E-state index contributed by atoms with van der Waals surface area (Å²) in [7, 11) is -1.62. The van der Waals surface area contributed by atoms with Crippen molar-refractivity contribution in [1.29, 1.82) is 0 Å². The van der Waals surface area contributed by atoms with Gasteiger partial charge >= 0.3 is 0 Å². The first-order chi connectivity index (χ1) is 17.4. The predicted molar refractivity (Wildman–Crippen MR) is 137 cm³/mol. The molecule has 4 aromatic carbocycles. The Morgan fingerprint density at radius 1 is 0.889 bits per heavy atom. The quantitative estimate of drug-likeness (QED) is 0.366. The molecule has 1 aliphatic rings. The Hall–Kier alpha value is -3.81. The lowest BCUT2D eigenvalue weighted by molar-refractivity contribution is 0.0947. The van der Waals surface area contributed by atoms with Gasteiger partial charge in [-0.3, -0.25) is 9.59 Å². The summed E-state index contributed by atoms with van der Waals surface area (Å²) in [4.78, 5) is 29.0. The van der Waals surface area contributed by atoms with Crippen LogP contribution in [0.15, 0.2) is 101 Å². The zero-order chi connectivity index (χ0) is 25.2. The first-order valence-electron chi connectivity index (χ1n) is 11.1. The van der Waals surface area contributed by atoms with Crippen LogP contribution in [0.1, 0.15) is 31.8 Å². The molecule has 0 aliphatic carbocycles. The Kier molecular flexibility index (Phi) is 6.67. The SMILES string of the molecule is O=C(NCc1ccc(F)cc1)c1ccc2c(c1)N(Cc1cccc(Cl)c1)C(=O)c1ccccc1[S@@]2=O. The van der Waals surface area contributed by atoms with Crippen molar-refractivity contribution in [3.63, 3.8) is 0 Å². The zero-order valence-corrected chi connectivity index (χ0v) is 20.5. The summed E-state index contributed by atoms with van der Waals surface area (Å²) in [5, 5.41) is 3.35. The number of rotatable bonds is 5. The maximum atomic E-state index is 13.7. The molecule has 0 bridgehead atoms. The second-order valence-electron chi connectivity index (χ2n) is 8.28. The number of nitrogens with zero attached hydrogens (tertiary/aromatic N) is 1. The fourth-order valence-electron chi connectivity index (χ4n) is 4.07. The van der Waals surface area contributed by atoms with Crippen molar-refractivity contribution in [2.45, 2.75) is 22.9 Å². The zero-order valence-electron chi connectivity index (χ0n) is 18.9. The third kappa shape index (κ3) is 4.80. The highest BCUT2D eigenvalue weighted by molar-refractivity contribution is 7.85. The van der Waals surface area contributed by atoms with E-state index in [9.17, 15) is 18.2 Å². The van der Waals surface area contributed by atoms with Crippen LogP contribution in [0.2, 0.25) is 5.02 Å². The molecule has 2 amide bonds. The minimum Gasteiger partial charge on any atom is -0.348 e. The van der Waals surface area contributed by atoms with E-state index in [0.29, 0.717) is 31.6 Å². The number of anilines is 1. The molecule has 1 N–H and O–H groups in total. The van der Waals surface area contributed by atoms with Crippen LogP contribution in [-0.2, 0) is 23.9 Å². The van der Waals surface area contributed by atoms with E-state index >= 15 is 0 Å². The largest absolute Gasteiger partial charge is 0.348 e. The van der Waals surface area contributed by atoms with E-state index in [1.165, 1.54) is 17.0 Å². The lowest BCUT2D eigenvalue weighted by Gasteiger charge is -2.24. The molecule has 180 valence electrons. The molecule has 8 heteroatoms.